The molecule has 0 unspecified atom stereocenters. The number of para-hydroxylation sites is 1. The number of carbonyl (C=O) groups excluding carboxylic acids is 2. The number of rotatable bonds is 5. The highest BCUT2D eigenvalue weighted by Crippen LogP contribution is 2.18. The lowest BCUT2D eigenvalue weighted by atomic mass is 10.2. The van der Waals surface area contributed by atoms with Crippen molar-refractivity contribution >= 4 is 23.0 Å². The molecule has 1 N–H and O–H groups in total. The number of imidazole rings is 1. The summed E-state index contributed by atoms with van der Waals surface area (Å²) >= 11 is 0. The van der Waals surface area contributed by atoms with E-state index in [4.69, 9.17) is 0 Å². The van der Waals surface area contributed by atoms with Gasteiger partial charge in [0.25, 0.3) is 5.91 Å². The summed E-state index contributed by atoms with van der Waals surface area (Å²) < 4.78 is 1.91. The summed E-state index contributed by atoms with van der Waals surface area (Å²) in [7, 11) is 0. The standard InChI is InChI=1S/C22H26N6O2/c1-16(2)25-20(29)14-26-8-10-27(11-9-26)22(30)17-12-19-21(23-13-17)28(15-24-19)18-6-4-3-5-7-18/h3-7,12-13,15-16H,8-11,14H2,1-2H3,(H,25,29). The number of pyridine rings is 1. The van der Waals surface area contributed by atoms with E-state index in [1.54, 1.807) is 18.6 Å². The van der Waals surface area contributed by atoms with Gasteiger partial charge in [0, 0.05) is 44.1 Å². The third kappa shape index (κ3) is 4.33. The fourth-order valence-electron chi connectivity index (χ4n) is 3.66. The van der Waals surface area contributed by atoms with Crippen LogP contribution in [0.3, 0.4) is 0 Å². The van der Waals surface area contributed by atoms with Gasteiger partial charge in [0.2, 0.25) is 5.91 Å². The van der Waals surface area contributed by atoms with Crippen molar-refractivity contribution in [2.24, 2.45) is 0 Å². The third-order valence-electron chi connectivity index (χ3n) is 5.15. The van der Waals surface area contributed by atoms with Gasteiger partial charge in [-0.2, -0.15) is 0 Å². The van der Waals surface area contributed by atoms with Gasteiger partial charge in [-0.05, 0) is 32.0 Å². The Labute approximate surface area is 175 Å². The maximum absolute atomic E-state index is 12.9. The van der Waals surface area contributed by atoms with Crippen LogP contribution in [0.5, 0.6) is 0 Å². The first-order valence-corrected chi connectivity index (χ1v) is 10.2. The summed E-state index contributed by atoms with van der Waals surface area (Å²) in [6.07, 6.45) is 3.34. The molecule has 0 bridgehead atoms. The zero-order valence-corrected chi connectivity index (χ0v) is 17.3. The average molecular weight is 406 g/mol. The summed E-state index contributed by atoms with van der Waals surface area (Å²) in [5.74, 6) is -0.0293. The van der Waals surface area contributed by atoms with Crippen molar-refractivity contribution in [2.75, 3.05) is 32.7 Å². The quantitative estimate of drug-likeness (QED) is 0.697. The number of hydrogen-bond acceptors (Lipinski definition) is 5. The van der Waals surface area contributed by atoms with E-state index >= 15 is 0 Å². The van der Waals surface area contributed by atoms with E-state index in [9.17, 15) is 9.59 Å². The Bertz CT molecular complexity index is 1040. The largest absolute Gasteiger partial charge is 0.353 e. The first-order chi connectivity index (χ1) is 14.5. The second-order valence-electron chi connectivity index (χ2n) is 7.81. The van der Waals surface area contributed by atoms with Gasteiger partial charge in [0.05, 0.1) is 12.1 Å². The van der Waals surface area contributed by atoms with Gasteiger partial charge >= 0.3 is 0 Å². The SMILES string of the molecule is CC(C)NC(=O)CN1CCN(C(=O)c2cnc3c(c2)ncn3-c2ccccc2)CC1. The number of piperazine rings is 1. The second kappa shape index (κ2) is 8.62. The molecule has 3 aromatic rings. The number of carbonyl (C=O) groups is 2. The number of amides is 2. The lowest BCUT2D eigenvalue weighted by molar-refractivity contribution is -0.123. The number of nitrogens with zero attached hydrogens (tertiary/aromatic N) is 5. The zero-order chi connectivity index (χ0) is 21.1. The van der Waals surface area contributed by atoms with E-state index in [2.05, 4.69) is 20.2 Å². The van der Waals surface area contributed by atoms with Crippen LogP contribution in [0.4, 0.5) is 0 Å². The van der Waals surface area contributed by atoms with E-state index in [1.165, 1.54) is 0 Å². The molecule has 0 spiro atoms. The summed E-state index contributed by atoms with van der Waals surface area (Å²) in [6, 6.07) is 11.8. The average Bonchev–Trinajstić information content (AvgIpc) is 3.17. The van der Waals surface area contributed by atoms with Crippen molar-refractivity contribution in [1.82, 2.24) is 29.7 Å². The van der Waals surface area contributed by atoms with Crippen molar-refractivity contribution in [3.8, 4) is 5.69 Å². The molecule has 0 saturated carbocycles. The number of fused-ring (bicyclic) bond motifs is 1. The van der Waals surface area contributed by atoms with Crippen LogP contribution < -0.4 is 5.32 Å². The molecule has 8 nitrogen and oxygen atoms in total. The first-order valence-electron chi connectivity index (χ1n) is 10.2. The third-order valence-corrected chi connectivity index (χ3v) is 5.15. The van der Waals surface area contributed by atoms with Crippen LogP contribution in [0.15, 0.2) is 48.9 Å². The molecule has 0 atom stereocenters. The highest BCUT2D eigenvalue weighted by atomic mass is 16.2. The highest BCUT2D eigenvalue weighted by Gasteiger charge is 2.24. The number of nitrogens with one attached hydrogen (secondary N) is 1. The lowest BCUT2D eigenvalue weighted by Crippen LogP contribution is -2.51. The van der Waals surface area contributed by atoms with E-state index < -0.39 is 0 Å². The van der Waals surface area contributed by atoms with Crippen LogP contribution in [-0.2, 0) is 4.79 Å². The monoisotopic (exact) mass is 406 g/mol. The van der Waals surface area contributed by atoms with Gasteiger partial charge in [0.1, 0.15) is 11.8 Å². The molecule has 4 rings (SSSR count). The topological polar surface area (TPSA) is 83.4 Å². The molecule has 1 saturated heterocycles. The first kappa shape index (κ1) is 20.0. The zero-order valence-electron chi connectivity index (χ0n) is 17.3. The minimum Gasteiger partial charge on any atom is -0.353 e. The maximum Gasteiger partial charge on any atom is 0.255 e. The molecule has 0 radical (unpaired) electrons. The summed E-state index contributed by atoms with van der Waals surface area (Å²) in [6.45, 7) is 6.79. The lowest BCUT2D eigenvalue weighted by Gasteiger charge is -2.34. The van der Waals surface area contributed by atoms with E-state index in [0.29, 0.717) is 43.8 Å². The van der Waals surface area contributed by atoms with E-state index in [1.807, 2.05) is 53.6 Å². The fraction of sp³-hybridized carbons (Fsp3) is 0.364. The maximum atomic E-state index is 12.9. The van der Waals surface area contributed by atoms with Crippen LogP contribution in [0.2, 0.25) is 0 Å². The Hall–Kier alpha value is -3.26. The van der Waals surface area contributed by atoms with Crippen molar-refractivity contribution in [1.29, 1.82) is 0 Å². The molecule has 2 amide bonds. The van der Waals surface area contributed by atoms with Crippen LogP contribution in [0.25, 0.3) is 16.9 Å². The summed E-state index contributed by atoms with van der Waals surface area (Å²) in [5.41, 5.74) is 2.92. The van der Waals surface area contributed by atoms with Crippen LogP contribution in [-0.4, -0.2) is 74.9 Å². The Balaban J connectivity index is 1.41. The van der Waals surface area contributed by atoms with Gasteiger partial charge in [-0.25, -0.2) is 9.97 Å². The molecule has 1 fully saturated rings. The van der Waals surface area contributed by atoms with Gasteiger partial charge < -0.3 is 10.2 Å². The summed E-state index contributed by atoms with van der Waals surface area (Å²) in [5, 5.41) is 2.90. The van der Waals surface area contributed by atoms with Crippen LogP contribution in [0, 0.1) is 0 Å². The van der Waals surface area contributed by atoms with Gasteiger partial charge in [-0.15, -0.1) is 0 Å². The second-order valence-corrected chi connectivity index (χ2v) is 7.81. The Kier molecular flexibility index (Phi) is 5.76. The number of aromatic nitrogens is 3. The minimum atomic E-state index is -0.0510. The van der Waals surface area contributed by atoms with Crippen LogP contribution in [0.1, 0.15) is 24.2 Å². The molecular weight excluding hydrogens is 380 g/mol. The molecule has 30 heavy (non-hydrogen) atoms. The fourth-order valence-corrected chi connectivity index (χ4v) is 3.66. The molecule has 0 aliphatic carbocycles. The summed E-state index contributed by atoms with van der Waals surface area (Å²) in [4.78, 5) is 37.7. The van der Waals surface area contributed by atoms with E-state index in [-0.39, 0.29) is 17.9 Å². The van der Waals surface area contributed by atoms with Gasteiger partial charge in [-0.3, -0.25) is 19.1 Å². The molecule has 2 aromatic heterocycles. The highest BCUT2D eigenvalue weighted by molar-refractivity contribution is 5.96. The Morgan fingerprint density at radius 3 is 2.50 bits per heavy atom. The molecule has 1 aliphatic heterocycles. The minimum absolute atomic E-state index is 0.0217. The molecule has 1 aliphatic rings. The molecule has 156 valence electrons. The molecule has 3 heterocycles. The van der Waals surface area contributed by atoms with Crippen molar-refractivity contribution < 1.29 is 9.59 Å². The number of benzene rings is 1. The predicted octanol–water partition coefficient (Wildman–Crippen LogP) is 1.70. The van der Waals surface area contributed by atoms with Crippen molar-refractivity contribution in [3.63, 3.8) is 0 Å². The molecule has 8 heteroatoms. The van der Waals surface area contributed by atoms with Crippen molar-refractivity contribution in [2.45, 2.75) is 19.9 Å². The predicted molar refractivity (Wildman–Crippen MR) is 114 cm³/mol. The van der Waals surface area contributed by atoms with Gasteiger partial charge in [0.15, 0.2) is 5.65 Å². The molecule has 1 aromatic carbocycles. The smallest absolute Gasteiger partial charge is 0.255 e. The molecular formula is C22H26N6O2. The Morgan fingerprint density at radius 1 is 1.07 bits per heavy atom. The van der Waals surface area contributed by atoms with Crippen LogP contribution >= 0.6 is 0 Å². The van der Waals surface area contributed by atoms with Crippen molar-refractivity contribution in [3.05, 3.63) is 54.5 Å². The normalized spacial score (nSPS) is 15.0. The van der Waals surface area contributed by atoms with Gasteiger partial charge in [-0.1, -0.05) is 18.2 Å². The Morgan fingerprint density at radius 2 is 1.80 bits per heavy atom. The number of hydrogen-bond donors (Lipinski definition) is 1. The van der Waals surface area contributed by atoms with E-state index in [0.717, 1.165) is 11.3 Å².